The molecule has 82 valence electrons. The first-order valence-corrected chi connectivity index (χ1v) is 6.25. The molecule has 2 rings (SSSR count). The van der Waals surface area contributed by atoms with E-state index in [0.29, 0.717) is 5.41 Å². The molecule has 4 heteroatoms. The van der Waals surface area contributed by atoms with Crippen LogP contribution in [0.15, 0.2) is 17.0 Å². The summed E-state index contributed by atoms with van der Waals surface area (Å²) in [7, 11) is 0. The van der Waals surface area contributed by atoms with Crippen LogP contribution in [-0.4, -0.2) is 16.5 Å². The molecular weight excluding hydrogens is 254 g/mol. The van der Waals surface area contributed by atoms with Crippen molar-refractivity contribution in [2.45, 2.75) is 32.6 Å². The van der Waals surface area contributed by atoms with E-state index in [1.807, 2.05) is 0 Å². The Hall–Kier alpha value is -0.640. The summed E-state index contributed by atoms with van der Waals surface area (Å²) in [6.07, 6.45) is 8.82. The lowest BCUT2D eigenvalue weighted by Gasteiger charge is -2.41. The van der Waals surface area contributed by atoms with E-state index in [1.54, 1.807) is 12.4 Å². The highest BCUT2D eigenvalue weighted by Crippen LogP contribution is 2.43. The molecule has 1 aliphatic carbocycles. The monoisotopic (exact) mass is 269 g/mol. The molecule has 1 N–H and O–H groups in total. The van der Waals surface area contributed by atoms with Gasteiger partial charge >= 0.3 is 0 Å². The van der Waals surface area contributed by atoms with E-state index in [9.17, 15) is 0 Å². The summed E-state index contributed by atoms with van der Waals surface area (Å²) in [5, 5.41) is 3.37. The van der Waals surface area contributed by atoms with Crippen LogP contribution in [0.5, 0.6) is 0 Å². The zero-order chi connectivity index (χ0) is 10.7. The summed E-state index contributed by atoms with van der Waals surface area (Å²) < 4.78 is 0.780. The van der Waals surface area contributed by atoms with Gasteiger partial charge in [-0.1, -0.05) is 13.3 Å². The molecule has 0 unspecified atom stereocenters. The SMILES string of the molecule is CCC1(CNc2cnc(Br)cn2)CCC1. The van der Waals surface area contributed by atoms with Gasteiger partial charge in [-0.2, -0.15) is 0 Å². The van der Waals surface area contributed by atoms with Crippen LogP contribution in [0.4, 0.5) is 5.82 Å². The Labute approximate surface area is 98.8 Å². The Balaban J connectivity index is 1.90. The molecule has 0 spiro atoms. The summed E-state index contributed by atoms with van der Waals surface area (Å²) in [5.74, 6) is 0.873. The number of hydrogen-bond acceptors (Lipinski definition) is 3. The lowest BCUT2D eigenvalue weighted by molar-refractivity contribution is 0.145. The molecule has 1 aromatic rings. The lowest BCUT2D eigenvalue weighted by atomic mass is 9.67. The molecule has 0 saturated heterocycles. The van der Waals surface area contributed by atoms with Crippen LogP contribution in [-0.2, 0) is 0 Å². The van der Waals surface area contributed by atoms with Crippen molar-refractivity contribution >= 4 is 21.7 Å². The Morgan fingerprint density at radius 1 is 1.40 bits per heavy atom. The molecule has 0 aliphatic heterocycles. The number of anilines is 1. The van der Waals surface area contributed by atoms with E-state index in [4.69, 9.17) is 0 Å². The lowest BCUT2D eigenvalue weighted by Crippen LogP contribution is -2.36. The third kappa shape index (κ3) is 2.48. The van der Waals surface area contributed by atoms with Gasteiger partial charge in [0.1, 0.15) is 10.4 Å². The molecule has 0 radical (unpaired) electrons. The number of nitrogens with zero attached hydrogens (tertiary/aromatic N) is 2. The van der Waals surface area contributed by atoms with Crippen LogP contribution in [0.25, 0.3) is 0 Å². The van der Waals surface area contributed by atoms with Crippen LogP contribution in [0.3, 0.4) is 0 Å². The molecule has 0 amide bonds. The molecule has 1 saturated carbocycles. The van der Waals surface area contributed by atoms with Crippen molar-refractivity contribution in [3.8, 4) is 0 Å². The van der Waals surface area contributed by atoms with E-state index < -0.39 is 0 Å². The van der Waals surface area contributed by atoms with Crippen LogP contribution in [0.1, 0.15) is 32.6 Å². The van der Waals surface area contributed by atoms with Crippen molar-refractivity contribution in [2.75, 3.05) is 11.9 Å². The summed E-state index contributed by atoms with van der Waals surface area (Å²) >= 11 is 3.27. The number of halogens is 1. The van der Waals surface area contributed by atoms with Crippen LogP contribution in [0.2, 0.25) is 0 Å². The van der Waals surface area contributed by atoms with Crippen molar-refractivity contribution in [1.82, 2.24) is 9.97 Å². The van der Waals surface area contributed by atoms with E-state index in [2.05, 4.69) is 38.1 Å². The van der Waals surface area contributed by atoms with E-state index >= 15 is 0 Å². The van der Waals surface area contributed by atoms with Crippen molar-refractivity contribution in [1.29, 1.82) is 0 Å². The largest absolute Gasteiger partial charge is 0.368 e. The second kappa shape index (κ2) is 4.47. The highest BCUT2D eigenvalue weighted by atomic mass is 79.9. The summed E-state index contributed by atoms with van der Waals surface area (Å²) in [5.41, 5.74) is 0.523. The fraction of sp³-hybridized carbons (Fsp3) is 0.636. The molecule has 0 aromatic carbocycles. The minimum atomic E-state index is 0.523. The van der Waals surface area contributed by atoms with Crippen molar-refractivity contribution in [2.24, 2.45) is 5.41 Å². The summed E-state index contributed by atoms with van der Waals surface area (Å²) in [4.78, 5) is 8.39. The Morgan fingerprint density at radius 3 is 2.67 bits per heavy atom. The molecule has 1 heterocycles. The smallest absolute Gasteiger partial charge is 0.144 e. The van der Waals surface area contributed by atoms with Crippen LogP contribution < -0.4 is 5.32 Å². The first-order valence-electron chi connectivity index (χ1n) is 5.45. The fourth-order valence-electron chi connectivity index (χ4n) is 2.01. The maximum atomic E-state index is 4.25. The van der Waals surface area contributed by atoms with Gasteiger partial charge in [-0.3, -0.25) is 0 Å². The average Bonchev–Trinajstić information content (AvgIpc) is 2.20. The molecule has 15 heavy (non-hydrogen) atoms. The number of rotatable bonds is 4. The summed E-state index contributed by atoms with van der Waals surface area (Å²) in [6, 6.07) is 0. The van der Waals surface area contributed by atoms with Gasteiger partial charge in [0, 0.05) is 6.54 Å². The van der Waals surface area contributed by atoms with Crippen molar-refractivity contribution in [3.63, 3.8) is 0 Å². The van der Waals surface area contributed by atoms with Gasteiger partial charge in [0.2, 0.25) is 0 Å². The zero-order valence-corrected chi connectivity index (χ0v) is 10.5. The van der Waals surface area contributed by atoms with Gasteiger partial charge in [0.15, 0.2) is 0 Å². The molecule has 0 atom stereocenters. The highest BCUT2D eigenvalue weighted by molar-refractivity contribution is 9.10. The van der Waals surface area contributed by atoms with E-state index in [1.165, 1.54) is 25.7 Å². The normalized spacial score (nSPS) is 18.3. The quantitative estimate of drug-likeness (QED) is 0.912. The van der Waals surface area contributed by atoms with Gasteiger partial charge in [-0.15, -0.1) is 0 Å². The van der Waals surface area contributed by atoms with Crippen LogP contribution >= 0.6 is 15.9 Å². The number of nitrogens with one attached hydrogen (secondary N) is 1. The van der Waals surface area contributed by atoms with Gasteiger partial charge in [-0.05, 0) is 40.6 Å². The average molecular weight is 270 g/mol. The molecule has 0 bridgehead atoms. The minimum absolute atomic E-state index is 0.523. The zero-order valence-electron chi connectivity index (χ0n) is 8.96. The topological polar surface area (TPSA) is 37.8 Å². The fourth-order valence-corrected chi connectivity index (χ4v) is 2.22. The third-order valence-electron chi connectivity index (χ3n) is 3.43. The number of aromatic nitrogens is 2. The standard InChI is InChI=1S/C11H16BrN3/c1-2-11(4-3-5-11)8-15-10-7-13-9(12)6-14-10/h6-7H,2-5,8H2,1H3,(H,14,15). The van der Waals surface area contributed by atoms with Gasteiger partial charge in [0.05, 0.1) is 12.4 Å². The van der Waals surface area contributed by atoms with Gasteiger partial charge in [0.25, 0.3) is 0 Å². The van der Waals surface area contributed by atoms with E-state index in [0.717, 1.165) is 17.0 Å². The minimum Gasteiger partial charge on any atom is -0.368 e. The Kier molecular flexibility index (Phi) is 3.24. The number of hydrogen-bond donors (Lipinski definition) is 1. The first kappa shape index (κ1) is 10.9. The Bertz CT molecular complexity index is 314. The van der Waals surface area contributed by atoms with Crippen molar-refractivity contribution < 1.29 is 0 Å². The molecule has 3 nitrogen and oxygen atoms in total. The summed E-state index contributed by atoms with van der Waals surface area (Å²) in [6.45, 7) is 3.30. The third-order valence-corrected chi connectivity index (χ3v) is 3.84. The molecule has 1 aliphatic rings. The van der Waals surface area contributed by atoms with Gasteiger partial charge in [-0.25, -0.2) is 9.97 Å². The Morgan fingerprint density at radius 2 is 2.20 bits per heavy atom. The second-order valence-electron chi connectivity index (χ2n) is 4.29. The van der Waals surface area contributed by atoms with Crippen molar-refractivity contribution in [3.05, 3.63) is 17.0 Å². The molecular formula is C11H16BrN3. The molecule has 1 fully saturated rings. The maximum absolute atomic E-state index is 4.25. The van der Waals surface area contributed by atoms with E-state index in [-0.39, 0.29) is 0 Å². The first-order chi connectivity index (χ1) is 7.24. The highest BCUT2D eigenvalue weighted by Gasteiger charge is 2.34. The van der Waals surface area contributed by atoms with Gasteiger partial charge < -0.3 is 5.32 Å². The van der Waals surface area contributed by atoms with Crippen LogP contribution in [0, 0.1) is 5.41 Å². The second-order valence-corrected chi connectivity index (χ2v) is 5.10. The molecule has 1 aromatic heterocycles. The predicted octanol–water partition coefficient (Wildman–Crippen LogP) is 3.23. The maximum Gasteiger partial charge on any atom is 0.144 e. The predicted molar refractivity (Wildman–Crippen MR) is 64.8 cm³/mol.